The molecule has 0 unspecified atom stereocenters. The van der Waals surface area contributed by atoms with Crippen LogP contribution >= 0.6 is 11.3 Å². The van der Waals surface area contributed by atoms with E-state index in [-0.39, 0.29) is 12.5 Å². The van der Waals surface area contributed by atoms with Gasteiger partial charge in [0.15, 0.2) is 11.7 Å². The van der Waals surface area contributed by atoms with Crippen molar-refractivity contribution < 1.29 is 9.53 Å². The lowest BCUT2D eigenvalue weighted by molar-refractivity contribution is -0.118. The van der Waals surface area contributed by atoms with Crippen LogP contribution in [0, 0.1) is 6.92 Å². The number of amides is 1. The molecule has 0 aliphatic heterocycles. The average molecular weight is 277 g/mol. The minimum absolute atomic E-state index is 0.0302. The zero-order valence-electron chi connectivity index (χ0n) is 10.8. The smallest absolute Gasteiger partial charge is 0.264 e. The quantitative estimate of drug-likeness (QED) is 0.881. The summed E-state index contributed by atoms with van der Waals surface area (Å²) in [7, 11) is 1.85. The van der Waals surface area contributed by atoms with Crippen LogP contribution in [-0.4, -0.2) is 24.5 Å². The molecule has 19 heavy (non-hydrogen) atoms. The van der Waals surface area contributed by atoms with Gasteiger partial charge in [-0.25, -0.2) is 4.98 Å². The molecule has 2 aromatic rings. The number of benzene rings is 1. The lowest BCUT2D eigenvalue weighted by Crippen LogP contribution is -2.20. The third kappa shape index (κ3) is 3.96. The van der Waals surface area contributed by atoms with E-state index in [0.717, 1.165) is 11.4 Å². The number of carbonyl (C=O) groups is 1. The largest absolute Gasteiger partial charge is 0.484 e. The topological polar surface area (TPSA) is 63.2 Å². The number of aromatic nitrogens is 1. The first kappa shape index (κ1) is 13.4. The zero-order valence-corrected chi connectivity index (χ0v) is 11.6. The molecule has 0 saturated heterocycles. The van der Waals surface area contributed by atoms with Crippen molar-refractivity contribution in [1.29, 1.82) is 0 Å². The molecule has 0 atom stereocenters. The fraction of sp³-hybridized carbons (Fsp3) is 0.231. The summed E-state index contributed by atoms with van der Waals surface area (Å²) in [6.45, 7) is 1.85. The van der Waals surface area contributed by atoms with Gasteiger partial charge in [0.05, 0.1) is 5.69 Å². The Morgan fingerprint density at radius 2 is 2.11 bits per heavy atom. The second-order valence-electron chi connectivity index (χ2n) is 3.91. The molecule has 0 bridgehead atoms. The summed E-state index contributed by atoms with van der Waals surface area (Å²) in [6.07, 6.45) is 0. The Morgan fingerprint density at radius 1 is 1.37 bits per heavy atom. The van der Waals surface area contributed by atoms with E-state index in [9.17, 15) is 4.79 Å². The Hall–Kier alpha value is -2.08. The van der Waals surface area contributed by atoms with Gasteiger partial charge in [0.1, 0.15) is 5.75 Å². The van der Waals surface area contributed by atoms with Crippen molar-refractivity contribution in [3.63, 3.8) is 0 Å². The summed E-state index contributed by atoms with van der Waals surface area (Å²) in [4.78, 5) is 15.8. The van der Waals surface area contributed by atoms with Crippen molar-refractivity contribution in [2.75, 3.05) is 24.3 Å². The average Bonchev–Trinajstić information content (AvgIpc) is 2.82. The predicted molar refractivity (Wildman–Crippen MR) is 77.0 cm³/mol. The van der Waals surface area contributed by atoms with Crippen LogP contribution < -0.4 is 15.4 Å². The Morgan fingerprint density at radius 3 is 2.68 bits per heavy atom. The number of nitrogens with one attached hydrogen (secondary N) is 2. The maximum atomic E-state index is 11.6. The fourth-order valence-electron chi connectivity index (χ4n) is 1.43. The molecule has 2 rings (SSSR count). The highest BCUT2D eigenvalue weighted by Crippen LogP contribution is 2.16. The summed E-state index contributed by atoms with van der Waals surface area (Å²) < 4.78 is 5.38. The molecule has 0 saturated carbocycles. The number of carbonyl (C=O) groups excluding carboxylic acids is 1. The first-order valence-corrected chi connectivity index (χ1v) is 6.68. The number of hydrogen-bond acceptors (Lipinski definition) is 5. The highest BCUT2D eigenvalue weighted by molar-refractivity contribution is 7.13. The summed E-state index contributed by atoms with van der Waals surface area (Å²) in [5.41, 5.74) is 1.89. The Kier molecular flexibility index (Phi) is 4.35. The van der Waals surface area contributed by atoms with Crippen LogP contribution in [0.15, 0.2) is 29.6 Å². The van der Waals surface area contributed by atoms with Gasteiger partial charge in [-0.1, -0.05) is 0 Å². The maximum absolute atomic E-state index is 11.6. The molecule has 6 heteroatoms. The summed E-state index contributed by atoms with van der Waals surface area (Å²) in [5, 5.41) is 8.17. The van der Waals surface area contributed by atoms with Crippen molar-refractivity contribution in [2.24, 2.45) is 0 Å². The van der Waals surface area contributed by atoms with Crippen molar-refractivity contribution in [3.8, 4) is 5.75 Å². The lowest BCUT2D eigenvalue weighted by Gasteiger charge is -2.06. The number of hydrogen-bond donors (Lipinski definition) is 2. The van der Waals surface area contributed by atoms with Crippen LogP contribution in [0.1, 0.15) is 5.69 Å². The monoisotopic (exact) mass is 277 g/mol. The van der Waals surface area contributed by atoms with Gasteiger partial charge in [-0.2, -0.15) is 0 Å². The van der Waals surface area contributed by atoms with Gasteiger partial charge in [0.2, 0.25) is 0 Å². The molecule has 5 nitrogen and oxygen atoms in total. The molecule has 0 fully saturated rings. The molecule has 1 aromatic heterocycles. The molecule has 0 spiro atoms. The summed E-state index contributed by atoms with van der Waals surface area (Å²) >= 11 is 1.40. The van der Waals surface area contributed by atoms with Crippen molar-refractivity contribution >= 4 is 28.1 Å². The molecule has 2 N–H and O–H groups in total. The second-order valence-corrected chi connectivity index (χ2v) is 4.76. The first-order chi connectivity index (χ1) is 9.17. The zero-order chi connectivity index (χ0) is 13.7. The third-order valence-electron chi connectivity index (χ3n) is 2.38. The fourth-order valence-corrected chi connectivity index (χ4v) is 2.14. The molecule has 100 valence electrons. The predicted octanol–water partition coefficient (Wildman–Crippen LogP) is 2.51. The van der Waals surface area contributed by atoms with Gasteiger partial charge in [0, 0.05) is 18.1 Å². The van der Waals surface area contributed by atoms with Gasteiger partial charge in [0.25, 0.3) is 5.91 Å². The number of rotatable bonds is 5. The normalized spacial score (nSPS) is 10.0. The van der Waals surface area contributed by atoms with E-state index in [1.807, 2.05) is 43.6 Å². The van der Waals surface area contributed by atoms with Crippen LogP contribution in [0.5, 0.6) is 5.75 Å². The highest BCUT2D eigenvalue weighted by Gasteiger charge is 2.06. The Labute approximate surface area is 115 Å². The van der Waals surface area contributed by atoms with Crippen LogP contribution in [0.4, 0.5) is 10.8 Å². The first-order valence-electron chi connectivity index (χ1n) is 5.80. The SMILES string of the molecule is CNc1ccc(OCC(=O)Nc2nc(C)cs2)cc1. The molecular formula is C13H15N3O2S. The lowest BCUT2D eigenvalue weighted by atomic mass is 10.3. The second kappa shape index (κ2) is 6.19. The van der Waals surface area contributed by atoms with Crippen LogP contribution in [0.2, 0.25) is 0 Å². The minimum atomic E-state index is -0.216. The molecule has 1 aromatic carbocycles. The van der Waals surface area contributed by atoms with E-state index < -0.39 is 0 Å². The number of anilines is 2. The minimum Gasteiger partial charge on any atom is -0.484 e. The van der Waals surface area contributed by atoms with Gasteiger partial charge >= 0.3 is 0 Å². The molecule has 0 radical (unpaired) electrons. The molecular weight excluding hydrogens is 262 g/mol. The standard InChI is InChI=1S/C13H15N3O2S/c1-9-8-19-13(15-9)16-12(17)7-18-11-5-3-10(14-2)4-6-11/h3-6,8,14H,7H2,1-2H3,(H,15,16,17). The summed E-state index contributed by atoms with van der Waals surface area (Å²) in [6, 6.07) is 7.40. The van der Waals surface area contributed by atoms with Crippen molar-refractivity contribution in [3.05, 3.63) is 35.3 Å². The van der Waals surface area contributed by atoms with Crippen LogP contribution in [0.25, 0.3) is 0 Å². The van der Waals surface area contributed by atoms with E-state index in [4.69, 9.17) is 4.74 Å². The Bertz CT molecular complexity index is 551. The van der Waals surface area contributed by atoms with Gasteiger partial charge in [-0.3, -0.25) is 10.1 Å². The number of ether oxygens (including phenoxy) is 1. The molecule has 1 amide bonds. The van der Waals surface area contributed by atoms with E-state index in [2.05, 4.69) is 15.6 Å². The van der Waals surface area contributed by atoms with Gasteiger partial charge in [-0.05, 0) is 31.2 Å². The molecule has 0 aliphatic rings. The van der Waals surface area contributed by atoms with Crippen molar-refractivity contribution in [2.45, 2.75) is 6.92 Å². The number of nitrogens with zero attached hydrogens (tertiary/aromatic N) is 1. The van der Waals surface area contributed by atoms with Crippen LogP contribution in [0.3, 0.4) is 0 Å². The number of thiazole rings is 1. The third-order valence-corrected chi connectivity index (χ3v) is 3.25. The van der Waals surface area contributed by atoms with E-state index in [1.165, 1.54) is 11.3 Å². The van der Waals surface area contributed by atoms with Gasteiger partial charge < -0.3 is 10.1 Å². The maximum Gasteiger partial charge on any atom is 0.264 e. The number of aryl methyl sites for hydroxylation is 1. The van der Waals surface area contributed by atoms with Crippen molar-refractivity contribution in [1.82, 2.24) is 4.98 Å². The van der Waals surface area contributed by atoms with E-state index in [0.29, 0.717) is 10.9 Å². The highest BCUT2D eigenvalue weighted by atomic mass is 32.1. The van der Waals surface area contributed by atoms with E-state index in [1.54, 1.807) is 0 Å². The molecule has 0 aliphatic carbocycles. The Balaban J connectivity index is 1.82. The van der Waals surface area contributed by atoms with Crippen LogP contribution in [-0.2, 0) is 4.79 Å². The van der Waals surface area contributed by atoms with E-state index >= 15 is 0 Å². The van der Waals surface area contributed by atoms with Gasteiger partial charge in [-0.15, -0.1) is 11.3 Å². The molecule has 1 heterocycles. The summed E-state index contributed by atoms with van der Waals surface area (Å²) in [5.74, 6) is 0.441.